The minimum Gasteiger partial charge on any atom is -0.497 e. The number of methoxy groups -OCH3 is 1. The molecule has 1 saturated heterocycles. The summed E-state index contributed by atoms with van der Waals surface area (Å²) < 4.78 is 17.8. The molecule has 0 N–H and O–H groups in total. The Balaban J connectivity index is 2.36. The van der Waals surface area contributed by atoms with Crippen LogP contribution in [0.5, 0.6) is 5.75 Å². The Bertz CT molecular complexity index is 498. The van der Waals surface area contributed by atoms with E-state index in [0.717, 1.165) is 17.3 Å². The third-order valence-corrected chi connectivity index (χ3v) is 5.49. The molecule has 0 unspecified atom stereocenters. The van der Waals surface area contributed by atoms with Crippen LogP contribution < -0.4 is 10.2 Å². The van der Waals surface area contributed by atoms with Gasteiger partial charge in [0.15, 0.2) is 0 Å². The zero-order chi connectivity index (χ0) is 15.8. The zero-order valence-corrected chi connectivity index (χ0v) is 15.2. The first kappa shape index (κ1) is 16.6. The zero-order valence-electron chi connectivity index (χ0n) is 14.2. The Labute approximate surface area is 130 Å². The molecule has 0 atom stereocenters. The van der Waals surface area contributed by atoms with Crippen LogP contribution in [-0.2, 0) is 15.4 Å². The Hall–Kier alpha value is -0.778. The van der Waals surface area contributed by atoms with Crippen molar-refractivity contribution in [3.8, 4) is 5.75 Å². The molecule has 1 aliphatic rings. The van der Waals surface area contributed by atoms with Crippen LogP contribution in [-0.4, -0.2) is 34.2 Å². The summed E-state index contributed by atoms with van der Waals surface area (Å²) in [5, 5.41) is 0. The third kappa shape index (κ3) is 3.36. The SMILES string of the molecule is COc1ccc(B2OC(C)(C)C(C)(C)O2)c(C[Si](C)C)c1. The Kier molecular flexibility index (Phi) is 4.57. The van der Waals surface area contributed by atoms with Crippen LogP contribution >= 0.6 is 0 Å². The van der Waals surface area contributed by atoms with E-state index in [1.165, 1.54) is 5.56 Å². The Morgan fingerprint density at radius 1 is 1.10 bits per heavy atom. The summed E-state index contributed by atoms with van der Waals surface area (Å²) in [7, 11) is 1.03. The topological polar surface area (TPSA) is 27.7 Å². The van der Waals surface area contributed by atoms with Crippen molar-refractivity contribution >= 4 is 21.4 Å². The van der Waals surface area contributed by atoms with Gasteiger partial charge in [0, 0.05) is 8.80 Å². The van der Waals surface area contributed by atoms with Crippen molar-refractivity contribution < 1.29 is 14.0 Å². The lowest BCUT2D eigenvalue weighted by atomic mass is 9.76. The lowest BCUT2D eigenvalue weighted by molar-refractivity contribution is 0.00578. The number of ether oxygens (including phenoxy) is 1. The van der Waals surface area contributed by atoms with E-state index in [1.54, 1.807) is 7.11 Å². The second-order valence-corrected chi connectivity index (χ2v) is 9.80. The van der Waals surface area contributed by atoms with Crippen LogP contribution in [0.3, 0.4) is 0 Å². The highest BCUT2D eigenvalue weighted by Gasteiger charge is 2.52. The van der Waals surface area contributed by atoms with Gasteiger partial charge >= 0.3 is 7.12 Å². The molecule has 0 saturated carbocycles. The van der Waals surface area contributed by atoms with E-state index in [0.29, 0.717) is 0 Å². The molecule has 21 heavy (non-hydrogen) atoms. The van der Waals surface area contributed by atoms with Crippen molar-refractivity contribution in [2.45, 2.75) is 58.0 Å². The third-order valence-electron chi connectivity index (χ3n) is 4.40. The lowest BCUT2D eigenvalue weighted by Gasteiger charge is -2.32. The molecule has 0 aromatic heterocycles. The van der Waals surface area contributed by atoms with Gasteiger partial charge in [0.05, 0.1) is 18.3 Å². The minimum atomic E-state index is -0.386. The second-order valence-electron chi connectivity index (χ2n) is 7.04. The molecule has 5 heteroatoms. The fourth-order valence-corrected chi connectivity index (χ4v) is 3.51. The number of benzene rings is 1. The van der Waals surface area contributed by atoms with Crippen molar-refractivity contribution in [1.29, 1.82) is 0 Å². The van der Waals surface area contributed by atoms with Gasteiger partial charge in [0.25, 0.3) is 0 Å². The summed E-state index contributed by atoms with van der Waals surface area (Å²) in [6, 6.07) is 7.28. The fraction of sp³-hybridized carbons (Fsp3) is 0.625. The molecule has 1 aromatic carbocycles. The van der Waals surface area contributed by atoms with E-state index in [2.05, 4.69) is 52.9 Å². The predicted octanol–water partition coefficient (Wildman–Crippen LogP) is 2.83. The van der Waals surface area contributed by atoms with Crippen LogP contribution in [0, 0.1) is 0 Å². The lowest BCUT2D eigenvalue weighted by Crippen LogP contribution is -2.41. The molecule has 0 bridgehead atoms. The average molecular weight is 305 g/mol. The molecule has 1 aliphatic heterocycles. The second kappa shape index (κ2) is 5.78. The smallest absolute Gasteiger partial charge is 0.495 e. The van der Waals surface area contributed by atoms with Gasteiger partial charge < -0.3 is 14.0 Å². The van der Waals surface area contributed by atoms with E-state index in [9.17, 15) is 0 Å². The van der Waals surface area contributed by atoms with Crippen molar-refractivity contribution in [1.82, 2.24) is 0 Å². The van der Waals surface area contributed by atoms with Crippen molar-refractivity contribution in [3.63, 3.8) is 0 Å². The summed E-state index contributed by atoms with van der Waals surface area (Å²) >= 11 is 0. The van der Waals surface area contributed by atoms with Crippen molar-refractivity contribution in [2.24, 2.45) is 0 Å². The standard InChI is InChI=1S/C16H26BO3Si/c1-15(2)16(3,4)20-17(19-15)14-9-8-13(18-5)10-12(14)11-21(6)7/h8-10H,11H2,1-7H3. The number of hydrogen-bond donors (Lipinski definition) is 0. The van der Waals surface area contributed by atoms with Gasteiger partial charge in [0.2, 0.25) is 0 Å². The Morgan fingerprint density at radius 2 is 1.67 bits per heavy atom. The summed E-state index contributed by atoms with van der Waals surface area (Å²) in [6.45, 7) is 13.0. The maximum absolute atomic E-state index is 6.19. The van der Waals surface area contributed by atoms with Gasteiger partial charge in [-0.05, 0) is 56.9 Å². The average Bonchev–Trinajstić information content (AvgIpc) is 2.57. The van der Waals surface area contributed by atoms with E-state index in [1.807, 2.05) is 6.07 Å². The van der Waals surface area contributed by atoms with Crippen LogP contribution in [0.2, 0.25) is 13.1 Å². The van der Waals surface area contributed by atoms with E-state index in [-0.39, 0.29) is 27.1 Å². The molecule has 115 valence electrons. The minimum absolute atomic E-state index is 0.294. The van der Waals surface area contributed by atoms with E-state index >= 15 is 0 Å². The first-order chi connectivity index (χ1) is 9.66. The van der Waals surface area contributed by atoms with E-state index in [4.69, 9.17) is 14.0 Å². The maximum Gasteiger partial charge on any atom is 0.495 e. The molecule has 0 amide bonds. The fourth-order valence-electron chi connectivity index (χ4n) is 2.44. The monoisotopic (exact) mass is 305 g/mol. The molecule has 1 heterocycles. The highest BCUT2D eigenvalue weighted by molar-refractivity contribution is 6.63. The van der Waals surface area contributed by atoms with Gasteiger partial charge in [-0.3, -0.25) is 0 Å². The summed E-state index contributed by atoms with van der Waals surface area (Å²) in [5.41, 5.74) is 1.81. The molecule has 2 rings (SSSR count). The normalized spacial score (nSPS) is 20.1. The summed E-state index contributed by atoms with van der Waals surface area (Å²) in [6.07, 6.45) is 0. The molecule has 0 aliphatic carbocycles. The van der Waals surface area contributed by atoms with Gasteiger partial charge in [-0.25, -0.2) is 0 Å². The molecular weight excluding hydrogens is 279 g/mol. The van der Waals surface area contributed by atoms with Gasteiger partial charge in [-0.15, -0.1) is 0 Å². The highest BCUT2D eigenvalue weighted by Crippen LogP contribution is 2.36. The first-order valence-electron chi connectivity index (χ1n) is 7.48. The molecule has 3 nitrogen and oxygen atoms in total. The van der Waals surface area contributed by atoms with Crippen molar-refractivity contribution in [3.05, 3.63) is 23.8 Å². The summed E-state index contributed by atoms with van der Waals surface area (Å²) in [4.78, 5) is 0. The van der Waals surface area contributed by atoms with E-state index < -0.39 is 0 Å². The Morgan fingerprint density at radius 3 is 2.14 bits per heavy atom. The van der Waals surface area contributed by atoms with Crippen LogP contribution in [0.1, 0.15) is 33.3 Å². The highest BCUT2D eigenvalue weighted by atomic mass is 28.3. The maximum atomic E-state index is 6.19. The molecule has 1 aromatic rings. The van der Waals surface area contributed by atoms with Gasteiger partial charge in [0.1, 0.15) is 5.75 Å². The van der Waals surface area contributed by atoms with Gasteiger partial charge in [-0.2, -0.15) is 0 Å². The molecule has 1 fully saturated rings. The molecule has 1 radical (unpaired) electrons. The number of hydrogen-bond acceptors (Lipinski definition) is 3. The molecule has 0 spiro atoms. The molecular formula is C16H26BO3Si. The number of rotatable bonds is 4. The van der Waals surface area contributed by atoms with Crippen LogP contribution in [0.25, 0.3) is 0 Å². The van der Waals surface area contributed by atoms with Crippen molar-refractivity contribution in [2.75, 3.05) is 7.11 Å². The predicted molar refractivity (Wildman–Crippen MR) is 89.9 cm³/mol. The first-order valence-corrected chi connectivity index (χ1v) is 10.2. The van der Waals surface area contributed by atoms with Gasteiger partial charge in [-0.1, -0.05) is 19.2 Å². The largest absolute Gasteiger partial charge is 0.497 e. The quantitative estimate of drug-likeness (QED) is 0.801. The summed E-state index contributed by atoms with van der Waals surface area (Å²) in [5.74, 6) is 0.897. The van der Waals surface area contributed by atoms with Crippen LogP contribution in [0.4, 0.5) is 0 Å². The van der Waals surface area contributed by atoms with Crippen LogP contribution in [0.15, 0.2) is 18.2 Å².